The van der Waals surface area contributed by atoms with Crippen LogP contribution in [0.2, 0.25) is 0 Å². The first kappa shape index (κ1) is 40.7. The van der Waals surface area contributed by atoms with Crippen LogP contribution in [-0.2, 0) is 20.2 Å². The third-order valence-corrected chi connectivity index (χ3v) is 13.1. The van der Waals surface area contributed by atoms with E-state index in [-0.39, 0.29) is 27.6 Å². The summed E-state index contributed by atoms with van der Waals surface area (Å²) in [5.41, 5.74) is 11.7. The monoisotopic (exact) mass is 739 g/mol. The van der Waals surface area contributed by atoms with Crippen LogP contribution in [0.25, 0.3) is 6.08 Å². The molecule has 0 fully saturated rings. The summed E-state index contributed by atoms with van der Waals surface area (Å²) in [5.74, 6) is 0.349. The number of hydrogen-bond acceptors (Lipinski definition) is 7. The topological polar surface area (TPSA) is 159 Å². The second kappa shape index (κ2) is 17.2. The maximum absolute atomic E-state index is 11.9. The van der Waals surface area contributed by atoms with E-state index in [4.69, 9.17) is 10.7 Å². The van der Waals surface area contributed by atoms with E-state index < -0.39 is 25.5 Å². The van der Waals surface area contributed by atoms with Crippen LogP contribution in [0.5, 0.6) is 0 Å². The molecule has 3 unspecified atom stereocenters. The predicted molar refractivity (Wildman–Crippen MR) is 209 cm³/mol. The molecule has 0 aliphatic heterocycles. The van der Waals surface area contributed by atoms with Gasteiger partial charge >= 0.3 is 0 Å². The summed E-state index contributed by atoms with van der Waals surface area (Å²) in [6.07, 6.45) is 24.3. The van der Waals surface area contributed by atoms with E-state index >= 15 is 0 Å². The van der Waals surface area contributed by atoms with Crippen molar-refractivity contribution in [2.75, 3.05) is 19.6 Å². The lowest BCUT2D eigenvalue weighted by Gasteiger charge is -2.43. The number of benzene rings is 1. The Bertz CT molecular complexity index is 1850. The van der Waals surface area contributed by atoms with Crippen molar-refractivity contribution in [2.24, 2.45) is 27.5 Å². The molecule has 0 amide bonds. The van der Waals surface area contributed by atoms with Gasteiger partial charge in [0.1, 0.15) is 0 Å². The van der Waals surface area contributed by atoms with Crippen LogP contribution in [0.3, 0.4) is 0 Å². The van der Waals surface area contributed by atoms with Crippen LogP contribution in [0.4, 0.5) is 0 Å². The van der Waals surface area contributed by atoms with Gasteiger partial charge in [-0.2, -0.15) is 16.8 Å². The van der Waals surface area contributed by atoms with Gasteiger partial charge in [-0.05, 0) is 112 Å². The molecule has 1 aromatic carbocycles. The van der Waals surface area contributed by atoms with Gasteiger partial charge in [-0.15, -0.1) is 0 Å². The Balaban J connectivity index is 1.51. The molecule has 3 aliphatic carbocycles. The van der Waals surface area contributed by atoms with E-state index in [0.717, 1.165) is 61.2 Å². The number of nitrogens with zero attached hydrogens (tertiary/aromatic N) is 1. The number of allylic oxidation sites excluding steroid dienone is 11. The minimum atomic E-state index is -4.30. The molecule has 0 saturated carbocycles. The first-order chi connectivity index (χ1) is 24.0. The van der Waals surface area contributed by atoms with Gasteiger partial charge in [-0.25, -0.2) is 0 Å². The van der Waals surface area contributed by atoms with Crippen LogP contribution in [0, 0.1) is 16.7 Å². The molecule has 11 heteroatoms. The number of nitrogens with two attached hydrogens (primary N) is 1. The number of rotatable bonds is 15. The fourth-order valence-corrected chi connectivity index (χ4v) is 9.41. The van der Waals surface area contributed by atoms with Gasteiger partial charge in [0.15, 0.2) is 0 Å². The molecule has 0 radical (unpaired) electrons. The molecule has 0 heterocycles. The van der Waals surface area contributed by atoms with Crippen LogP contribution in [0.15, 0.2) is 93.5 Å². The predicted octanol–water partition coefficient (Wildman–Crippen LogP) is 7.98. The summed E-state index contributed by atoms with van der Waals surface area (Å²) in [7, 11) is -8.33. The van der Waals surface area contributed by atoms with E-state index in [1.807, 2.05) is 49.4 Å². The maximum atomic E-state index is 11.9. The van der Waals surface area contributed by atoms with Gasteiger partial charge in [-0.1, -0.05) is 87.4 Å². The minimum Gasteiger partial charge on any atom is -0.388 e. The lowest BCUT2D eigenvalue weighted by molar-refractivity contribution is 0.296. The Morgan fingerprint density at radius 2 is 1.71 bits per heavy atom. The number of nitrogens with one attached hydrogen (secondary N) is 1. The lowest BCUT2D eigenvalue weighted by Crippen LogP contribution is -2.38. The van der Waals surface area contributed by atoms with Crippen LogP contribution in [-0.4, -0.2) is 56.5 Å². The summed E-state index contributed by atoms with van der Waals surface area (Å²) in [6, 6.07) is 4.82. The molecule has 0 saturated heterocycles. The van der Waals surface area contributed by atoms with Crippen molar-refractivity contribution in [3.05, 3.63) is 94.8 Å². The van der Waals surface area contributed by atoms with Crippen LogP contribution < -0.4 is 11.1 Å². The van der Waals surface area contributed by atoms with Crippen molar-refractivity contribution in [1.29, 1.82) is 0 Å². The van der Waals surface area contributed by atoms with E-state index in [2.05, 4.69) is 51.2 Å². The summed E-state index contributed by atoms with van der Waals surface area (Å²) >= 11 is 0. The standard InChI is InChI=1S/C40H57N3O6S2/c1-6-42-37(39(2,3)35-17-12-15-29-27-31(50(44,45)46)21-23-33(29)35)19-10-8-7-9-11-20-38(43-26-14-25-41)40(4,5)36-18-13-16-30-28-32(51(47,48)49)22-24-34(30)36/h7-11,13,16,19-20,22,24,28,31,35-36,43H,6,12,14-15,17-18,21,23,25-27,41H2,1-5H3,(H,44,45,46)(H,47,48,49). The Hall–Kier alpha value is -3.09. The fraction of sp³-hybridized carbons (Fsp3) is 0.525. The van der Waals surface area contributed by atoms with Gasteiger partial charge in [0.25, 0.3) is 20.2 Å². The quantitative estimate of drug-likeness (QED) is 0.0464. The molecule has 1 aromatic rings. The molecule has 3 atom stereocenters. The molecule has 0 bridgehead atoms. The Kier molecular flexibility index (Phi) is 13.7. The average Bonchev–Trinajstić information content (AvgIpc) is 3.07. The second-order valence-electron chi connectivity index (χ2n) is 15.0. The van der Waals surface area contributed by atoms with E-state index in [9.17, 15) is 25.9 Å². The minimum absolute atomic E-state index is 0.0739. The van der Waals surface area contributed by atoms with E-state index in [1.165, 1.54) is 23.3 Å². The largest absolute Gasteiger partial charge is 0.388 e. The molecule has 5 N–H and O–H groups in total. The van der Waals surface area contributed by atoms with Crippen molar-refractivity contribution in [2.45, 2.75) is 102 Å². The van der Waals surface area contributed by atoms with Crippen molar-refractivity contribution < 1.29 is 25.9 Å². The van der Waals surface area contributed by atoms with Gasteiger partial charge in [0.2, 0.25) is 0 Å². The molecule has 0 spiro atoms. The Morgan fingerprint density at radius 1 is 0.980 bits per heavy atom. The van der Waals surface area contributed by atoms with Crippen molar-refractivity contribution in [3.63, 3.8) is 0 Å². The molecule has 9 nitrogen and oxygen atoms in total. The van der Waals surface area contributed by atoms with E-state index in [1.54, 1.807) is 0 Å². The zero-order chi connectivity index (χ0) is 37.5. The summed E-state index contributed by atoms with van der Waals surface area (Å²) in [4.78, 5) is 4.80. The van der Waals surface area contributed by atoms with Crippen LogP contribution in [0.1, 0.15) is 103 Å². The normalized spacial score (nSPS) is 22.6. The lowest BCUT2D eigenvalue weighted by atomic mass is 9.63. The first-order valence-electron chi connectivity index (χ1n) is 18.2. The zero-order valence-corrected chi connectivity index (χ0v) is 32.4. The van der Waals surface area contributed by atoms with Gasteiger partial charge < -0.3 is 11.1 Å². The highest BCUT2D eigenvalue weighted by molar-refractivity contribution is 7.86. The van der Waals surface area contributed by atoms with Crippen molar-refractivity contribution in [1.82, 2.24) is 5.32 Å². The zero-order valence-electron chi connectivity index (χ0n) is 30.8. The van der Waals surface area contributed by atoms with Crippen molar-refractivity contribution >= 4 is 32.0 Å². The molecule has 280 valence electrons. The molecular weight excluding hydrogens is 683 g/mol. The average molecular weight is 740 g/mol. The molecule has 4 rings (SSSR count). The fourth-order valence-electron chi connectivity index (χ4n) is 8.07. The highest BCUT2D eigenvalue weighted by Crippen LogP contribution is 2.49. The van der Waals surface area contributed by atoms with Crippen molar-refractivity contribution in [3.8, 4) is 0 Å². The highest BCUT2D eigenvalue weighted by Gasteiger charge is 2.41. The van der Waals surface area contributed by atoms with Gasteiger partial charge in [0, 0.05) is 35.3 Å². The second-order valence-corrected chi connectivity index (χ2v) is 18.1. The Labute approximate surface area is 306 Å². The van der Waals surface area contributed by atoms with Crippen LogP contribution >= 0.6 is 0 Å². The maximum Gasteiger partial charge on any atom is 0.294 e. The molecular formula is C40H57N3O6S2. The molecule has 3 aliphatic rings. The number of aliphatic imine (C=N–C) groups is 1. The highest BCUT2D eigenvalue weighted by atomic mass is 32.2. The number of fused-ring (bicyclic) bond motifs is 1. The third-order valence-electron chi connectivity index (χ3n) is 11.0. The smallest absolute Gasteiger partial charge is 0.294 e. The summed E-state index contributed by atoms with van der Waals surface area (Å²) < 4.78 is 66.6. The Morgan fingerprint density at radius 3 is 2.39 bits per heavy atom. The van der Waals surface area contributed by atoms with Gasteiger partial charge in [-0.3, -0.25) is 14.1 Å². The number of hydrogen-bond donors (Lipinski definition) is 4. The molecule has 51 heavy (non-hydrogen) atoms. The van der Waals surface area contributed by atoms with Gasteiger partial charge in [0.05, 0.1) is 10.1 Å². The summed E-state index contributed by atoms with van der Waals surface area (Å²) in [5, 5.41) is 2.91. The third kappa shape index (κ3) is 10.1. The SMILES string of the molecule is CCN=C(C=CC=CC=CC=C(NCCCN)C(C)(C)C1CC=Cc2cc(S(=O)(=O)O)ccc21)C(C)(C)C1CCCC2=C1CCC(S(=O)(=O)O)C2. The van der Waals surface area contributed by atoms with E-state index in [0.29, 0.717) is 32.4 Å². The first-order valence-corrected chi connectivity index (χ1v) is 21.1. The summed E-state index contributed by atoms with van der Waals surface area (Å²) in [6.45, 7) is 12.9. The molecule has 0 aromatic heterocycles.